The van der Waals surface area contributed by atoms with Gasteiger partial charge in [0.1, 0.15) is 0 Å². The van der Waals surface area contributed by atoms with Gasteiger partial charge in [-0.1, -0.05) is 24.3 Å². The van der Waals surface area contributed by atoms with Crippen molar-refractivity contribution in [3.63, 3.8) is 0 Å². The molecule has 0 N–H and O–H groups in total. The van der Waals surface area contributed by atoms with Crippen LogP contribution in [-0.2, 0) is 22.4 Å². The molecule has 0 aromatic rings. The molecule has 0 aliphatic heterocycles. The Kier molecular flexibility index (Phi) is 67.6. The maximum atomic E-state index is 2.12. The summed E-state index contributed by atoms with van der Waals surface area (Å²) in [5.74, 6) is 0. The quantitative estimate of drug-likeness (QED) is 0.390. The second-order valence-corrected chi connectivity index (χ2v) is 1.09. The summed E-state index contributed by atoms with van der Waals surface area (Å²) in [5.41, 5.74) is 0. The minimum atomic E-state index is 0. The fourth-order valence-electron chi connectivity index (χ4n) is 0.393. The van der Waals surface area contributed by atoms with E-state index in [4.69, 9.17) is 0 Å². The Morgan fingerprint density at radius 3 is 1.10 bits per heavy atom. The van der Waals surface area contributed by atoms with Gasteiger partial charge < -0.3 is 49.6 Å². The van der Waals surface area contributed by atoms with Crippen LogP contribution in [0.25, 0.3) is 0 Å². The molecule has 0 unspecified atom stereocenters. The third kappa shape index (κ3) is 16.2. The maximum Gasteiger partial charge on any atom is 4.00 e. The standard InChI is InChI=1S/C5H6.4ClH.Nb/c1-2-4-5-3-1;;;;;/h1-4H,5H2;4*1H;/q;;;;;+4/p-4. The van der Waals surface area contributed by atoms with Crippen molar-refractivity contribution in [2.24, 2.45) is 0 Å². The van der Waals surface area contributed by atoms with Crippen molar-refractivity contribution in [3.05, 3.63) is 24.3 Å². The molecule has 0 aromatic carbocycles. The van der Waals surface area contributed by atoms with Crippen LogP contribution < -0.4 is 49.6 Å². The molecule has 1 rings (SSSR count). The third-order valence-electron chi connectivity index (χ3n) is 0.655. The second-order valence-electron chi connectivity index (χ2n) is 1.09. The fraction of sp³-hybridized carbons (Fsp3) is 0.200. The van der Waals surface area contributed by atoms with Crippen molar-refractivity contribution < 1.29 is 72.0 Å². The molecule has 5 heteroatoms. The minimum absolute atomic E-state index is 0. The van der Waals surface area contributed by atoms with E-state index in [0.717, 1.165) is 6.42 Å². The van der Waals surface area contributed by atoms with Crippen LogP contribution in [0.2, 0.25) is 0 Å². The van der Waals surface area contributed by atoms with E-state index in [0.29, 0.717) is 0 Å². The molecular formula is C5H6Cl4Nb. The Bertz CT molecular complexity index is 71.7. The van der Waals surface area contributed by atoms with E-state index in [1.165, 1.54) is 0 Å². The van der Waals surface area contributed by atoms with Crippen molar-refractivity contribution in [3.8, 4) is 0 Å². The summed E-state index contributed by atoms with van der Waals surface area (Å²) < 4.78 is 0. The summed E-state index contributed by atoms with van der Waals surface area (Å²) in [6.07, 6.45) is 9.50. The predicted molar refractivity (Wildman–Crippen MR) is 22.9 cm³/mol. The van der Waals surface area contributed by atoms with Gasteiger partial charge in [-0.05, 0) is 6.42 Å². The molecule has 1 radical (unpaired) electrons. The van der Waals surface area contributed by atoms with Crippen LogP contribution in [0.1, 0.15) is 6.42 Å². The summed E-state index contributed by atoms with van der Waals surface area (Å²) in [7, 11) is 0. The molecular weight excluding hydrogens is 295 g/mol. The van der Waals surface area contributed by atoms with Gasteiger partial charge in [-0.15, -0.1) is 0 Å². The molecule has 0 amide bonds. The van der Waals surface area contributed by atoms with Gasteiger partial charge in [0.15, 0.2) is 0 Å². The number of halogens is 4. The molecule has 0 bridgehead atoms. The largest absolute Gasteiger partial charge is 4.00 e. The Morgan fingerprint density at radius 1 is 0.700 bits per heavy atom. The summed E-state index contributed by atoms with van der Waals surface area (Å²) in [4.78, 5) is 0. The van der Waals surface area contributed by atoms with Crippen molar-refractivity contribution in [2.75, 3.05) is 0 Å². The van der Waals surface area contributed by atoms with E-state index >= 15 is 0 Å². The molecule has 0 saturated heterocycles. The number of allylic oxidation sites excluding steroid dienone is 4. The summed E-state index contributed by atoms with van der Waals surface area (Å²) in [5, 5.41) is 0. The van der Waals surface area contributed by atoms with Crippen LogP contribution in [0.15, 0.2) is 24.3 Å². The zero-order valence-electron chi connectivity index (χ0n) is 4.98. The number of hydrogen-bond acceptors (Lipinski definition) is 0. The molecule has 0 atom stereocenters. The third-order valence-corrected chi connectivity index (χ3v) is 0.655. The average molecular weight is 301 g/mol. The number of hydrogen-bond donors (Lipinski definition) is 0. The first-order valence-electron chi connectivity index (χ1n) is 1.82. The zero-order chi connectivity index (χ0) is 3.54. The monoisotopic (exact) mass is 299 g/mol. The van der Waals surface area contributed by atoms with E-state index < -0.39 is 0 Å². The molecule has 10 heavy (non-hydrogen) atoms. The Labute approximate surface area is 102 Å². The average Bonchev–Trinajstić information content (AvgIpc) is 1.76. The molecule has 0 saturated carbocycles. The molecule has 0 spiro atoms. The molecule has 0 aromatic heterocycles. The van der Waals surface area contributed by atoms with Crippen molar-refractivity contribution in [1.82, 2.24) is 0 Å². The first-order valence-corrected chi connectivity index (χ1v) is 1.82. The first kappa shape index (κ1) is 30.1. The van der Waals surface area contributed by atoms with Gasteiger partial charge >= 0.3 is 22.4 Å². The first-order chi connectivity index (χ1) is 2.50. The molecule has 1 aliphatic carbocycles. The molecule has 0 heterocycles. The minimum Gasteiger partial charge on any atom is -1.00 e. The van der Waals surface area contributed by atoms with E-state index in [1.807, 2.05) is 0 Å². The predicted octanol–water partition coefficient (Wildman–Crippen LogP) is -10.5. The second kappa shape index (κ2) is 22.4. The Hall–Kier alpha value is 1.38. The van der Waals surface area contributed by atoms with Crippen LogP contribution in [0.5, 0.6) is 0 Å². The zero-order valence-corrected chi connectivity index (χ0v) is 10.2. The Morgan fingerprint density at radius 2 is 1.00 bits per heavy atom. The topological polar surface area (TPSA) is 0 Å². The Balaban J connectivity index is -0.0000000167. The fourth-order valence-corrected chi connectivity index (χ4v) is 0.393. The smallest absolute Gasteiger partial charge is 1.00 e. The van der Waals surface area contributed by atoms with Crippen molar-refractivity contribution in [1.29, 1.82) is 0 Å². The van der Waals surface area contributed by atoms with Gasteiger partial charge in [0.05, 0.1) is 0 Å². The van der Waals surface area contributed by atoms with Crippen LogP contribution >= 0.6 is 0 Å². The normalized spacial score (nSPS) is 8.80. The van der Waals surface area contributed by atoms with Crippen LogP contribution in [-0.4, -0.2) is 0 Å². The maximum absolute atomic E-state index is 2.12. The molecule has 59 valence electrons. The van der Waals surface area contributed by atoms with Crippen molar-refractivity contribution >= 4 is 0 Å². The molecule has 1 aliphatic rings. The van der Waals surface area contributed by atoms with Gasteiger partial charge in [0.2, 0.25) is 0 Å². The SMILES string of the molecule is C1=CCC=C1.[Cl-].[Cl-].[Cl-].[Cl-].[Nb+4]. The van der Waals surface area contributed by atoms with Gasteiger partial charge in [0.25, 0.3) is 0 Å². The van der Waals surface area contributed by atoms with E-state index in [2.05, 4.69) is 24.3 Å². The van der Waals surface area contributed by atoms with Gasteiger partial charge in [-0.3, -0.25) is 0 Å². The van der Waals surface area contributed by atoms with E-state index in [9.17, 15) is 0 Å². The van der Waals surface area contributed by atoms with Crippen LogP contribution in [0.4, 0.5) is 0 Å². The molecule has 0 fully saturated rings. The van der Waals surface area contributed by atoms with Gasteiger partial charge in [-0.25, -0.2) is 0 Å². The van der Waals surface area contributed by atoms with E-state index in [1.54, 1.807) is 0 Å². The summed E-state index contributed by atoms with van der Waals surface area (Å²) in [6.45, 7) is 0. The van der Waals surface area contributed by atoms with Gasteiger partial charge in [-0.2, -0.15) is 0 Å². The van der Waals surface area contributed by atoms with Crippen molar-refractivity contribution in [2.45, 2.75) is 6.42 Å². The van der Waals surface area contributed by atoms with Crippen LogP contribution in [0.3, 0.4) is 0 Å². The molecule has 0 nitrogen and oxygen atoms in total. The summed E-state index contributed by atoms with van der Waals surface area (Å²) >= 11 is 0. The van der Waals surface area contributed by atoms with Crippen LogP contribution in [0, 0.1) is 0 Å². The van der Waals surface area contributed by atoms with E-state index in [-0.39, 0.29) is 72.0 Å². The number of rotatable bonds is 0. The summed E-state index contributed by atoms with van der Waals surface area (Å²) in [6, 6.07) is 0. The van der Waals surface area contributed by atoms with Gasteiger partial charge in [0, 0.05) is 0 Å².